The van der Waals surface area contributed by atoms with Crippen LogP contribution in [0.15, 0.2) is 24.3 Å². The third kappa shape index (κ3) is 6.87. The van der Waals surface area contributed by atoms with Crippen LogP contribution in [0.5, 0.6) is 0 Å². The molecule has 0 aliphatic carbocycles. The minimum Gasteiger partial charge on any atom is -0.356 e. The van der Waals surface area contributed by atoms with Gasteiger partial charge in [0.05, 0.1) is 0 Å². The van der Waals surface area contributed by atoms with Gasteiger partial charge in [0.2, 0.25) is 11.8 Å². The maximum atomic E-state index is 12.7. The summed E-state index contributed by atoms with van der Waals surface area (Å²) < 4.78 is 12.7. The molecule has 1 aromatic rings. The molecule has 4 nitrogen and oxygen atoms in total. The van der Waals surface area contributed by atoms with Crippen molar-refractivity contribution in [3.8, 4) is 0 Å². The molecular weight excluding hydrogens is 259 g/mol. The fourth-order valence-electron chi connectivity index (χ4n) is 1.68. The van der Waals surface area contributed by atoms with Crippen LogP contribution in [0, 0.1) is 5.82 Å². The van der Waals surface area contributed by atoms with Crippen LogP contribution < -0.4 is 10.6 Å². The molecule has 0 saturated carbocycles. The molecule has 0 aliphatic heterocycles. The van der Waals surface area contributed by atoms with Crippen LogP contribution in [0.4, 0.5) is 4.39 Å². The van der Waals surface area contributed by atoms with Gasteiger partial charge in [-0.1, -0.05) is 31.9 Å². The zero-order chi connectivity index (χ0) is 14.8. The van der Waals surface area contributed by atoms with E-state index in [1.165, 1.54) is 12.1 Å². The van der Waals surface area contributed by atoms with Crippen molar-refractivity contribution in [3.05, 3.63) is 35.6 Å². The van der Waals surface area contributed by atoms with Crippen molar-refractivity contribution < 1.29 is 14.0 Å². The predicted molar refractivity (Wildman–Crippen MR) is 75.4 cm³/mol. The lowest BCUT2D eigenvalue weighted by molar-refractivity contribution is -0.129. The number of benzene rings is 1. The van der Waals surface area contributed by atoms with Gasteiger partial charge in [0.25, 0.3) is 0 Å². The minimum atomic E-state index is -0.331. The van der Waals surface area contributed by atoms with Gasteiger partial charge in [-0.3, -0.25) is 9.59 Å². The summed E-state index contributed by atoms with van der Waals surface area (Å²) in [6.07, 6.45) is 2.91. The second-order valence-electron chi connectivity index (χ2n) is 4.64. The molecule has 0 atom stereocenters. The van der Waals surface area contributed by atoms with Crippen LogP contribution in [0.1, 0.15) is 38.2 Å². The Labute approximate surface area is 118 Å². The number of carbonyl (C=O) groups is 2. The Bertz CT molecular complexity index is 432. The summed E-state index contributed by atoms with van der Waals surface area (Å²) in [5, 5.41) is 5.33. The van der Waals surface area contributed by atoms with Crippen LogP contribution in [-0.2, 0) is 16.1 Å². The summed E-state index contributed by atoms with van der Waals surface area (Å²) in [6.45, 7) is 2.99. The molecule has 5 heteroatoms. The number of hydrogen-bond donors (Lipinski definition) is 2. The Kier molecular flexibility index (Phi) is 7.32. The first-order valence-corrected chi connectivity index (χ1v) is 6.89. The molecule has 0 radical (unpaired) electrons. The van der Waals surface area contributed by atoms with E-state index in [1.54, 1.807) is 12.1 Å². The molecule has 0 heterocycles. The van der Waals surface area contributed by atoms with Crippen molar-refractivity contribution in [1.29, 1.82) is 0 Å². The maximum Gasteiger partial charge on any atom is 0.229 e. The van der Waals surface area contributed by atoms with Gasteiger partial charge in [-0.05, 0) is 24.1 Å². The Balaban J connectivity index is 2.19. The van der Waals surface area contributed by atoms with Gasteiger partial charge in [-0.15, -0.1) is 0 Å². The summed E-state index contributed by atoms with van der Waals surface area (Å²) in [5.41, 5.74) is 0.795. The number of unbranched alkanes of at least 4 members (excludes halogenated alkanes) is 2. The van der Waals surface area contributed by atoms with Crippen LogP contribution >= 0.6 is 0 Å². The van der Waals surface area contributed by atoms with Crippen LogP contribution in [-0.4, -0.2) is 18.4 Å². The Morgan fingerprint density at radius 3 is 2.35 bits per heavy atom. The summed E-state index contributed by atoms with van der Waals surface area (Å²) >= 11 is 0. The van der Waals surface area contributed by atoms with Crippen LogP contribution in [0.25, 0.3) is 0 Å². The number of rotatable bonds is 8. The zero-order valence-corrected chi connectivity index (χ0v) is 11.7. The number of nitrogens with one attached hydrogen (secondary N) is 2. The van der Waals surface area contributed by atoms with Gasteiger partial charge in [0.15, 0.2) is 0 Å². The van der Waals surface area contributed by atoms with E-state index in [-0.39, 0.29) is 24.1 Å². The Morgan fingerprint density at radius 2 is 1.70 bits per heavy atom. The van der Waals surface area contributed by atoms with Crippen molar-refractivity contribution in [1.82, 2.24) is 10.6 Å². The van der Waals surface area contributed by atoms with E-state index in [9.17, 15) is 14.0 Å². The monoisotopic (exact) mass is 280 g/mol. The van der Waals surface area contributed by atoms with Crippen molar-refractivity contribution in [2.24, 2.45) is 0 Å². The Hall–Kier alpha value is -1.91. The lowest BCUT2D eigenvalue weighted by Gasteiger charge is -2.06. The third-order valence-corrected chi connectivity index (χ3v) is 2.83. The number of amides is 2. The smallest absolute Gasteiger partial charge is 0.229 e. The average molecular weight is 280 g/mol. The van der Waals surface area contributed by atoms with Crippen molar-refractivity contribution in [3.63, 3.8) is 0 Å². The SMILES string of the molecule is CCCCCNC(=O)CC(=O)NCc1ccc(F)cc1. The fourth-order valence-corrected chi connectivity index (χ4v) is 1.68. The molecule has 1 aromatic carbocycles. The van der Waals surface area contributed by atoms with Gasteiger partial charge in [-0.2, -0.15) is 0 Å². The van der Waals surface area contributed by atoms with Crippen LogP contribution in [0.2, 0.25) is 0 Å². The highest BCUT2D eigenvalue weighted by molar-refractivity contribution is 5.96. The van der Waals surface area contributed by atoms with Gasteiger partial charge in [0, 0.05) is 13.1 Å². The molecule has 0 saturated heterocycles. The molecule has 110 valence electrons. The average Bonchev–Trinajstić information content (AvgIpc) is 2.43. The van der Waals surface area contributed by atoms with Gasteiger partial charge < -0.3 is 10.6 Å². The van der Waals surface area contributed by atoms with E-state index in [0.29, 0.717) is 13.1 Å². The summed E-state index contributed by atoms with van der Waals surface area (Å²) in [6, 6.07) is 5.87. The molecule has 20 heavy (non-hydrogen) atoms. The first-order valence-electron chi connectivity index (χ1n) is 6.89. The topological polar surface area (TPSA) is 58.2 Å². The second-order valence-corrected chi connectivity index (χ2v) is 4.64. The molecule has 1 rings (SSSR count). The van der Waals surface area contributed by atoms with Crippen molar-refractivity contribution in [2.75, 3.05) is 6.54 Å². The molecule has 0 unspecified atom stereocenters. The van der Waals surface area contributed by atoms with Crippen molar-refractivity contribution in [2.45, 2.75) is 39.2 Å². The van der Waals surface area contributed by atoms with E-state index < -0.39 is 0 Å². The molecule has 2 amide bonds. The molecule has 0 fully saturated rings. The fraction of sp³-hybridized carbons (Fsp3) is 0.467. The summed E-state index contributed by atoms with van der Waals surface area (Å²) in [5.74, 6) is -0.911. The van der Waals surface area contributed by atoms with E-state index >= 15 is 0 Å². The quantitative estimate of drug-likeness (QED) is 0.566. The summed E-state index contributed by atoms with van der Waals surface area (Å²) in [4.78, 5) is 23.0. The normalized spacial score (nSPS) is 10.1. The maximum absolute atomic E-state index is 12.7. The minimum absolute atomic E-state index is 0.173. The summed E-state index contributed by atoms with van der Waals surface area (Å²) in [7, 11) is 0. The highest BCUT2D eigenvalue weighted by atomic mass is 19.1. The zero-order valence-electron chi connectivity index (χ0n) is 11.7. The highest BCUT2D eigenvalue weighted by Gasteiger charge is 2.08. The molecule has 0 aliphatic rings. The van der Waals surface area contributed by atoms with E-state index in [0.717, 1.165) is 24.8 Å². The molecule has 2 N–H and O–H groups in total. The number of carbonyl (C=O) groups excluding carboxylic acids is 2. The lowest BCUT2D eigenvalue weighted by Crippen LogP contribution is -2.32. The lowest BCUT2D eigenvalue weighted by atomic mass is 10.2. The molecule has 0 aromatic heterocycles. The Morgan fingerprint density at radius 1 is 1.05 bits per heavy atom. The predicted octanol–water partition coefficient (Wildman–Crippen LogP) is 2.14. The molecule has 0 bridgehead atoms. The van der Waals surface area contributed by atoms with E-state index in [4.69, 9.17) is 0 Å². The first kappa shape index (κ1) is 16.1. The number of hydrogen-bond acceptors (Lipinski definition) is 2. The highest BCUT2D eigenvalue weighted by Crippen LogP contribution is 2.02. The van der Waals surface area contributed by atoms with Gasteiger partial charge in [-0.25, -0.2) is 4.39 Å². The third-order valence-electron chi connectivity index (χ3n) is 2.83. The number of halogens is 1. The standard InChI is InChI=1S/C15H21FN2O2/c1-2-3-4-9-17-14(19)10-15(20)18-11-12-5-7-13(16)8-6-12/h5-8H,2-4,9-11H2,1H3,(H,17,19)(H,18,20). The van der Waals surface area contributed by atoms with Crippen molar-refractivity contribution >= 4 is 11.8 Å². The van der Waals surface area contributed by atoms with Crippen LogP contribution in [0.3, 0.4) is 0 Å². The molecular formula is C15H21FN2O2. The largest absolute Gasteiger partial charge is 0.356 e. The van der Waals surface area contributed by atoms with E-state index in [2.05, 4.69) is 17.6 Å². The van der Waals surface area contributed by atoms with Gasteiger partial charge in [0.1, 0.15) is 12.2 Å². The van der Waals surface area contributed by atoms with E-state index in [1.807, 2.05) is 0 Å². The second kappa shape index (κ2) is 9.07. The first-order chi connectivity index (χ1) is 9.61. The van der Waals surface area contributed by atoms with Gasteiger partial charge >= 0.3 is 0 Å². The molecule has 0 spiro atoms.